The van der Waals surface area contributed by atoms with E-state index in [4.69, 9.17) is 0 Å². The first-order chi connectivity index (χ1) is 9.73. The second-order valence-corrected chi connectivity index (χ2v) is 5.75. The van der Waals surface area contributed by atoms with E-state index in [2.05, 4.69) is 5.32 Å². The Kier molecular flexibility index (Phi) is 4.27. The Balaban J connectivity index is 2.28. The van der Waals surface area contributed by atoms with Gasteiger partial charge in [0, 0.05) is 26.2 Å². The van der Waals surface area contributed by atoms with Crippen molar-refractivity contribution in [2.75, 3.05) is 26.2 Å². The number of alkyl halides is 3. The fraction of sp³-hybridized carbons (Fsp3) is 0.533. The highest BCUT2D eigenvalue weighted by Crippen LogP contribution is 2.33. The van der Waals surface area contributed by atoms with E-state index in [0.717, 1.165) is 12.1 Å². The minimum atomic E-state index is -4.40. The normalized spacial score (nSPS) is 16.9. The summed E-state index contributed by atoms with van der Waals surface area (Å²) in [6.45, 7) is 5.94. The van der Waals surface area contributed by atoms with Crippen LogP contribution in [0.5, 0.6) is 0 Å². The van der Waals surface area contributed by atoms with Gasteiger partial charge in [0.25, 0.3) is 0 Å². The number of carbonyl (C=O) groups excluding carboxylic acids is 1. The van der Waals surface area contributed by atoms with Gasteiger partial charge in [0.1, 0.15) is 0 Å². The number of nitrogens with zero attached hydrogens (tertiary/aromatic N) is 1. The maximum absolute atomic E-state index is 12.8. The van der Waals surface area contributed by atoms with Crippen LogP contribution in [0.25, 0.3) is 0 Å². The van der Waals surface area contributed by atoms with Crippen molar-refractivity contribution >= 4 is 5.91 Å². The molecule has 6 heteroatoms. The summed E-state index contributed by atoms with van der Waals surface area (Å²) in [4.78, 5) is 14.3. The van der Waals surface area contributed by atoms with Crippen LogP contribution in [0.3, 0.4) is 0 Å². The molecule has 0 atom stereocenters. The van der Waals surface area contributed by atoms with E-state index in [1.807, 2.05) is 0 Å². The van der Waals surface area contributed by atoms with Crippen LogP contribution in [0.15, 0.2) is 24.3 Å². The van der Waals surface area contributed by atoms with Gasteiger partial charge in [-0.25, -0.2) is 0 Å². The van der Waals surface area contributed by atoms with Crippen molar-refractivity contribution in [3.05, 3.63) is 35.4 Å². The van der Waals surface area contributed by atoms with Gasteiger partial charge in [-0.1, -0.05) is 18.2 Å². The molecule has 1 heterocycles. The minimum Gasteiger partial charge on any atom is -0.339 e. The molecular formula is C15H19F3N2O. The number of halogens is 3. The van der Waals surface area contributed by atoms with E-state index in [0.29, 0.717) is 31.7 Å². The molecule has 3 nitrogen and oxygen atoms in total. The number of hydrogen-bond acceptors (Lipinski definition) is 2. The lowest BCUT2D eigenvalue weighted by atomic mass is 9.82. The van der Waals surface area contributed by atoms with E-state index in [-0.39, 0.29) is 5.91 Å². The third-order valence-electron chi connectivity index (χ3n) is 3.85. The first-order valence-electron chi connectivity index (χ1n) is 6.91. The minimum absolute atomic E-state index is 0.136. The van der Waals surface area contributed by atoms with Crippen LogP contribution in [-0.4, -0.2) is 37.0 Å². The molecule has 0 unspecified atom stereocenters. The van der Waals surface area contributed by atoms with Crippen LogP contribution >= 0.6 is 0 Å². The summed E-state index contributed by atoms with van der Waals surface area (Å²) >= 11 is 0. The fourth-order valence-electron chi connectivity index (χ4n) is 2.47. The molecule has 1 fully saturated rings. The Morgan fingerprint density at radius 3 is 2.29 bits per heavy atom. The predicted molar refractivity (Wildman–Crippen MR) is 73.9 cm³/mol. The molecule has 1 aliphatic rings. The monoisotopic (exact) mass is 300 g/mol. The summed E-state index contributed by atoms with van der Waals surface area (Å²) in [5.41, 5.74) is -1.31. The predicted octanol–water partition coefficient (Wildman–Crippen LogP) is 2.41. The molecular weight excluding hydrogens is 281 g/mol. The van der Waals surface area contributed by atoms with Gasteiger partial charge in [-0.15, -0.1) is 0 Å². The van der Waals surface area contributed by atoms with E-state index in [1.165, 1.54) is 6.07 Å². The van der Waals surface area contributed by atoms with Crippen molar-refractivity contribution in [2.45, 2.75) is 25.4 Å². The summed E-state index contributed by atoms with van der Waals surface area (Å²) < 4.78 is 38.4. The zero-order valence-corrected chi connectivity index (χ0v) is 12.1. The van der Waals surface area contributed by atoms with Crippen LogP contribution in [0.2, 0.25) is 0 Å². The molecule has 1 aromatic rings. The van der Waals surface area contributed by atoms with Gasteiger partial charge in [0.2, 0.25) is 5.91 Å². The Morgan fingerprint density at radius 1 is 1.14 bits per heavy atom. The first kappa shape index (κ1) is 15.8. The second-order valence-electron chi connectivity index (χ2n) is 5.75. The van der Waals surface area contributed by atoms with Crippen molar-refractivity contribution in [2.24, 2.45) is 0 Å². The van der Waals surface area contributed by atoms with Gasteiger partial charge in [0.05, 0.1) is 11.0 Å². The van der Waals surface area contributed by atoms with Gasteiger partial charge in [-0.2, -0.15) is 13.2 Å². The lowest BCUT2D eigenvalue weighted by Crippen LogP contribution is -2.51. The smallest absolute Gasteiger partial charge is 0.339 e. The van der Waals surface area contributed by atoms with Gasteiger partial charge in [-0.05, 0) is 25.5 Å². The fourth-order valence-corrected chi connectivity index (χ4v) is 2.47. The standard InChI is InChI=1S/C15H19F3N2O/c1-14(2,13(21)20-8-6-19-7-9-20)11-4-3-5-12(10-11)15(16,17)18/h3-5,10,19H,6-9H2,1-2H3. The number of benzene rings is 1. The number of piperazine rings is 1. The van der Waals surface area contributed by atoms with Gasteiger partial charge in [0.15, 0.2) is 0 Å². The number of rotatable bonds is 2. The number of amides is 1. The quantitative estimate of drug-likeness (QED) is 0.910. The summed E-state index contributed by atoms with van der Waals surface area (Å²) in [5, 5.41) is 3.15. The third-order valence-corrected chi connectivity index (χ3v) is 3.85. The van der Waals surface area contributed by atoms with E-state index in [1.54, 1.807) is 24.8 Å². The summed E-state index contributed by atoms with van der Waals surface area (Å²) in [5.74, 6) is -0.136. The van der Waals surface area contributed by atoms with Gasteiger partial charge in [-0.3, -0.25) is 4.79 Å². The SMILES string of the molecule is CC(C)(C(=O)N1CCNCC1)c1cccc(C(F)(F)F)c1. The van der Waals surface area contributed by atoms with Crippen LogP contribution in [0.1, 0.15) is 25.0 Å². The van der Waals surface area contributed by atoms with E-state index < -0.39 is 17.2 Å². The topological polar surface area (TPSA) is 32.3 Å². The molecule has 1 amide bonds. The van der Waals surface area contributed by atoms with Crippen molar-refractivity contribution < 1.29 is 18.0 Å². The molecule has 0 spiro atoms. The largest absolute Gasteiger partial charge is 0.416 e. The number of nitrogens with one attached hydrogen (secondary N) is 1. The summed E-state index contributed by atoms with van der Waals surface area (Å²) in [6, 6.07) is 5.02. The Hall–Kier alpha value is -1.56. The van der Waals surface area contributed by atoms with Crippen LogP contribution in [0.4, 0.5) is 13.2 Å². The van der Waals surface area contributed by atoms with Crippen molar-refractivity contribution in [1.29, 1.82) is 0 Å². The molecule has 1 saturated heterocycles. The zero-order valence-electron chi connectivity index (χ0n) is 12.1. The van der Waals surface area contributed by atoms with Crippen molar-refractivity contribution in [3.63, 3.8) is 0 Å². The molecule has 0 bridgehead atoms. The molecule has 1 N–H and O–H groups in total. The molecule has 2 rings (SSSR count). The number of carbonyl (C=O) groups is 1. The lowest BCUT2D eigenvalue weighted by molar-refractivity contribution is -0.139. The summed E-state index contributed by atoms with van der Waals surface area (Å²) in [7, 11) is 0. The molecule has 0 saturated carbocycles. The van der Waals surface area contributed by atoms with Gasteiger partial charge < -0.3 is 10.2 Å². The Labute approximate surface area is 122 Å². The molecule has 0 aliphatic carbocycles. The first-order valence-corrected chi connectivity index (χ1v) is 6.91. The van der Waals surface area contributed by atoms with E-state index >= 15 is 0 Å². The highest BCUT2D eigenvalue weighted by Gasteiger charge is 2.37. The van der Waals surface area contributed by atoms with Crippen LogP contribution < -0.4 is 5.32 Å². The van der Waals surface area contributed by atoms with Crippen molar-refractivity contribution in [1.82, 2.24) is 10.2 Å². The van der Waals surface area contributed by atoms with Gasteiger partial charge >= 0.3 is 6.18 Å². The molecule has 1 aromatic carbocycles. The maximum atomic E-state index is 12.8. The summed E-state index contributed by atoms with van der Waals surface area (Å²) in [6.07, 6.45) is -4.40. The highest BCUT2D eigenvalue weighted by molar-refractivity contribution is 5.87. The molecule has 0 aromatic heterocycles. The average molecular weight is 300 g/mol. The maximum Gasteiger partial charge on any atom is 0.416 e. The second kappa shape index (κ2) is 5.67. The molecule has 1 aliphatic heterocycles. The molecule has 0 radical (unpaired) electrons. The average Bonchev–Trinajstić information content (AvgIpc) is 2.46. The van der Waals surface area contributed by atoms with Crippen LogP contribution in [-0.2, 0) is 16.4 Å². The Bertz CT molecular complexity index is 520. The van der Waals surface area contributed by atoms with Crippen molar-refractivity contribution in [3.8, 4) is 0 Å². The highest BCUT2D eigenvalue weighted by atomic mass is 19.4. The molecule has 116 valence electrons. The van der Waals surface area contributed by atoms with Crippen LogP contribution in [0, 0.1) is 0 Å². The third kappa shape index (κ3) is 3.37. The zero-order chi connectivity index (χ0) is 15.7. The lowest BCUT2D eigenvalue weighted by Gasteiger charge is -2.35. The molecule has 21 heavy (non-hydrogen) atoms. The van der Waals surface area contributed by atoms with E-state index in [9.17, 15) is 18.0 Å². The Morgan fingerprint density at radius 2 is 1.71 bits per heavy atom. The number of hydrogen-bond donors (Lipinski definition) is 1.